The molecule has 0 fully saturated rings. The molecule has 12 heavy (non-hydrogen) atoms. The maximum atomic E-state index is 11.4. The van der Waals surface area contributed by atoms with Crippen LogP contribution in [-0.2, 0) is 9.53 Å². The third-order valence-electron chi connectivity index (χ3n) is 2.05. The van der Waals surface area contributed by atoms with Crippen LogP contribution in [-0.4, -0.2) is 11.6 Å². The first kappa shape index (κ1) is 9.30. The Morgan fingerprint density at radius 2 is 1.67 bits per heavy atom. The van der Waals surface area contributed by atoms with Crippen LogP contribution in [0.4, 0.5) is 0 Å². The van der Waals surface area contributed by atoms with Crippen LogP contribution in [0, 0.1) is 5.92 Å². The molecule has 2 nitrogen and oxygen atoms in total. The van der Waals surface area contributed by atoms with E-state index in [-0.39, 0.29) is 17.5 Å². The summed E-state index contributed by atoms with van der Waals surface area (Å²) in [6, 6.07) is 0. The number of ether oxygens (including phenoxy) is 1. The standard InChI is InChI=1S/C10H16O2/c1-6-7(2)8(6)9(11)12-10(3,4)5/h8H,1-5H3. The third kappa shape index (κ3) is 1.87. The number of esters is 1. The average Bonchev–Trinajstić information content (AvgIpc) is 2.36. The van der Waals surface area contributed by atoms with Gasteiger partial charge in [0.25, 0.3) is 0 Å². The highest BCUT2D eigenvalue weighted by Crippen LogP contribution is 2.39. The van der Waals surface area contributed by atoms with Crippen molar-refractivity contribution in [2.75, 3.05) is 0 Å². The molecule has 68 valence electrons. The van der Waals surface area contributed by atoms with E-state index in [0.717, 1.165) is 0 Å². The number of hydrogen-bond donors (Lipinski definition) is 0. The van der Waals surface area contributed by atoms with Crippen molar-refractivity contribution in [1.82, 2.24) is 0 Å². The van der Waals surface area contributed by atoms with E-state index in [1.807, 2.05) is 34.6 Å². The van der Waals surface area contributed by atoms with E-state index in [1.54, 1.807) is 0 Å². The molecule has 0 aromatic heterocycles. The molecule has 0 atom stereocenters. The SMILES string of the molecule is CC1=C(C)C1C(=O)OC(C)(C)C. The lowest BCUT2D eigenvalue weighted by Crippen LogP contribution is -2.25. The molecule has 0 saturated heterocycles. The molecule has 0 aromatic carbocycles. The molecule has 0 heterocycles. The summed E-state index contributed by atoms with van der Waals surface area (Å²) in [6.45, 7) is 9.61. The second-order valence-corrected chi connectivity index (χ2v) is 4.33. The van der Waals surface area contributed by atoms with Crippen LogP contribution in [0.2, 0.25) is 0 Å². The molecular weight excluding hydrogens is 152 g/mol. The Morgan fingerprint density at radius 1 is 1.25 bits per heavy atom. The van der Waals surface area contributed by atoms with Crippen molar-refractivity contribution in [2.45, 2.75) is 40.2 Å². The van der Waals surface area contributed by atoms with E-state index in [1.165, 1.54) is 11.1 Å². The summed E-state index contributed by atoms with van der Waals surface area (Å²) in [4.78, 5) is 11.4. The van der Waals surface area contributed by atoms with Crippen LogP contribution < -0.4 is 0 Å². The number of hydrogen-bond acceptors (Lipinski definition) is 2. The van der Waals surface area contributed by atoms with E-state index in [9.17, 15) is 4.79 Å². The molecular formula is C10H16O2. The predicted octanol–water partition coefficient (Wildman–Crippen LogP) is 2.29. The van der Waals surface area contributed by atoms with Crippen molar-refractivity contribution < 1.29 is 9.53 Å². The van der Waals surface area contributed by atoms with Crippen molar-refractivity contribution in [3.05, 3.63) is 11.1 Å². The van der Waals surface area contributed by atoms with Crippen molar-refractivity contribution in [3.63, 3.8) is 0 Å². The Hall–Kier alpha value is -0.790. The number of carbonyl (C=O) groups excluding carboxylic acids is 1. The van der Waals surface area contributed by atoms with E-state index < -0.39 is 0 Å². The van der Waals surface area contributed by atoms with Crippen molar-refractivity contribution in [2.24, 2.45) is 5.92 Å². The fraction of sp³-hybridized carbons (Fsp3) is 0.700. The van der Waals surface area contributed by atoms with Gasteiger partial charge < -0.3 is 4.74 Å². The summed E-state index contributed by atoms with van der Waals surface area (Å²) in [5.74, 6) is -0.110. The van der Waals surface area contributed by atoms with Crippen molar-refractivity contribution in [3.8, 4) is 0 Å². The maximum Gasteiger partial charge on any atom is 0.317 e. The minimum atomic E-state index is -0.361. The highest BCUT2D eigenvalue weighted by Gasteiger charge is 2.38. The van der Waals surface area contributed by atoms with Gasteiger partial charge in [0.2, 0.25) is 0 Å². The smallest absolute Gasteiger partial charge is 0.317 e. The molecule has 0 aliphatic heterocycles. The first-order chi connectivity index (χ1) is 5.33. The third-order valence-corrected chi connectivity index (χ3v) is 2.05. The van der Waals surface area contributed by atoms with E-state index in [2.05, 4.69) is 0 Å². The van der Waals surface area contributed by atoms with Gasteiger partial charge in [-0.3, -0.25) is 4.79 Å². The Kier molecular flexibility index (Phi) is 2.02. The van der Waals surface area contributed by atoms with Gasteiger partial charge in [0.15, 0.2) is 0 Å². The molecule has 0 amide bonds. The molecule has 0 aromatic rings. The summed E-state index contributed by atoms with van der Waals surface area (Å²) in [6.07, 6.45) is 0. The van der Waals surface area contributed by atoms with Gasteiger partial charge >= 0.3 is 5.97 Å². The Morgan fingerprint density at radius 3 is 1.92 bits per heavy atom. The molecule has 0 N–H and O–H groups in total. The molecule has 0 radical (unpaired) electrons. The molecule has 0 saturated carbocycles. The summed E-state index contributed by atoms with van der Waals surface area (Å²) >= 11 is 0. The normalized spacial score (nSPS) is 18.1. The lowest BCUT2D eigenvalue weighted by atomic mass is 10.2. The zero-order valence-corrected chi connectivity index (χ0v) is 8.39. The summed E-state index contributed by atoms with van der Waals surface area (Å²) in [5.41, 5.74) is 1.98. The topological polar surface area (TPSA) is 26.3 Å². The lowest BCUT2D eigenvalue weighted by Gasteiger charge is -2.19. The molecule has 0 spiro atoms. The van der Waals surface area contributed by atoms with Crippen LogP contribution in [0.5, 0.6) is 0 Å². The molecule has 0 bridgehead atoms. The first-order valence-corrected chi connectivity index (χ1v) is 4.23. The Balaban J connectivity index is 2.44. The van der Waals surface area contributed by atoms with E-state index in [0.29, 0.717) is 0 Å². The zero-order chi connectivity index (χ0) is 9.52. The molecule has 1 aliphatic carbocycles. The highest BCUT2D eigenvalue weighted by atomic mass is 16.6. The van der Waals surface area contributed by atoms with Crippen LogP contribution in [0.15, 0.2) is 11.1 Å². The average molecular weight is 168 g/mol. The Bertz CT molecular complexity index is 231. The van der Waals surface area contributed by atoms with Crippen LogP contribution >= 0.6 is 0 Å². The molecule has 1 aliphatic rings. The lowest BCUT2D eigenvalue weighted by molar-refractivity contribution is -0.155. The second-order valence-electron chi connectivity index (χ2n) is 4.33. The molecule has 2 heteroatoms. The number of carbonyl (C=O) groups is 1. The Labute approximate surface area is 73.6 Å². The van der Waals surface area contributed by atoms with Gasteiger partial charge in [-0.15, -0.1) is 0 Å². The summed E-state index contributed by atoms with van der Waals surface area (Å²) in [5, 5.41) is 0. The van der Waals surface area contributed by atoms with Gasteiger partial charge in [0.05, 0.1) is 5.92 Å². The monoisotopic (exact) mass is 168 g/mol. The van der Waals surface area contributed by atoms with Gasteiger partial charge in [-0.25, -0.2) is 0 Å². The molecule has 1 rings (SSSR count). The predicted molar refractivity (Wildman–Crippen MR) is 47.7 cm³/mol. The van der Waals surface area contributed by atoms with Crippen LogP contribution in [0.1, 0.15) is 34.6 Å². The van der Waals surface area contributed by atoms with Gasteiger partial charge in [0, 0.05) is 0 Å². The highest BCUT2D eigenvalue weighted by molar-refractivity contribution is 5.85. The summed E-state index contributed by atoms with van der Waals surface area (Å²) in [7, 11) is 0. The quantitative estimate of drug-likeness (QED) is 0.443. The van der Waals surface area contributed by atoms with Crippen LogP contribution in [0.3, 0.4) is 0 Å². The first-order valence-electron chi connectivity index (χ1n) is 4.23. The van der Waals surface area contributed by atoms with Gasteiger partial charge in [-0.05, 0) is 34.6 Å². The van der Waals surface area contributed by atoms with E-state index >= 15 is 0 Å². The maximum absolute atomic E-state index is 11.4. The zero-order valence-electron chi connectivity index (χ0n) is 8.39. The van der Waals surface area contributed by atoms with Crippen LogP contribution in [0.25, 0.3) is 0 Å². The fourth-order valence-electron chi connectivity index (χ4n) is 1.19. The second kappa shape index (κ2) is 2.61. The fourth-order valence-corrected chi connectivity index (χ4v) is 1.19. The minimum absolute atomic E-state index is 0.00998. The van der Waals surface area contributed by atoms with E-state index in [4.69, 9.17) is 4.74 Å². The largest absolute Gasteiger partial charge is 0.459 e. The van der Waals surface area contributed by atoms with Crippen molar-refractivity contribution in [1.29, 1.82) is 0 Å². The minimum Gasteiger partial charge on any atom is -0.459 e. The molecule has 0 unspecified atom stereocenters. The summed E-state index contributed by atoms with van der Waals surface area (Å²) < 4.78 is 5.22. The van der Waals surface area contributed by atoms with Gasteiger partial charge in [-0.2, -0.15) is 0 Å². The number of rotatable bonds is 1. The van der Waals surface area contributed by atoms with Crippen molar-refractivity contribution >= 4 is 5.97 Å². The van der Waals surface area contributed by atoms with Gasteiger partial charge in [0.1, 0.15) is 5.60 Å². The van der Waals surface area contributed by atoms with Gasteiger partial charge in [-0.1, -0.05) is 11.1 Å².